The molecule has 0 N–H and O–H groups in total. The molecule has 4 rings (SSSR count). The van der Waals surface area contributed by atoms with Gasteiger partial charge in [0.25, 0.3) is 11.8 Å². The van der Waals surface area contributed by atoms with E-state index in [1.807, 2.05) is 36.4 Å². The second kappa shape index (κ2) is 8.05. The number of benzene rings is 2. The molecule has 0 bridgehead atoms. The summed E-state index contributed by atoms with van der Waals surface area (Å²) in [5.41, 5.74) is 1.62. The number of hydrogen-bond donors (Lipinski definition) is 0. The zero-order chi connectivity index (χ0) is 21.1. The molecule has 7 heteroatoms. The Morgan fingerprint density at radius 1 is 1.07 bits per heavy atom. The van der Waals surface area contributed by atoms with Crippen molar-refractivity contribution in [3.63, 3.8) is 0 Å². The van der Waals surface area contributed by atoms with Crippen LogP contribution in [0, 0.1) is 11.3 Å². The second-order valence-electron chi connectivity index (χ2n) is 6.84. The van der Waals surface area contributed by atoms with Crippen LogP contribution in [0.25, 0.3) is 0 Å². The summed E-state index contributed by atoms with van der Waals surface area (Å²) in [4.78, 5) is 41.4. The van der Waals surface area contributed by atoms with Gasteiger partial charge in [-0.05, 0) is 42.0 Å². The van der Waals surface area contributed by atoms with Gasteiger partial charge in [-0.25, -0.2) is 4.90 Å². The molecule has 0 spiro atoms. The molecular weight excluding hydrogens is 382 g/mol. The highest BCUT2D eigenvalue weighted by atomic mass is 16.3. The van der Waals surface area contributed by atoms with Crippen LogP contribution in [0.4, 0.5) is 5.69 Å². The van der Waals surface area contributed by atoms with E-state index in [0.29, 0.717) is 11.3 Å². The number of imide groups is 1. The van der Waals surface area contributed by atoms with Crippen LogP contribution in [-0.2, 0) is 16.1 Å². The molecule has 2 aromatic carbocycles. The number of anilines is 1. The molecule has 3 aromatic rings. The number of amides is 3. The molecule has 7 nitrogen and oxygen atoms in total. The molecule has 3 amide bonds. The molecule has 148 valence electrons. The molecule has 0 aliphatic carbocycles. The van der Waals surface area contributed by atoms with Crippen LogP contribution in [-0.4, -0.2) is 28.7 Å². The first kappa shape index (κ1) is 19.2. The molecule has 1 atom stereocenters. The van der Waals surface area contributed by atoms with Gasteiger partial charge in [0, 0.05) is 6.54 Å². The first-order valence-corrected chi connectivity index (χ1v) is 9.34. The van der Waals surface area contributed by atoms with Crippen molar-refractivity contribution in [1.29, 1.82) is 5.26 Å². The fourth-order valence-corrected chi connectivity index (χ4v) is 3.46. The van der Waals surface area contributed by atoms with E-state index in [1.54, 1.807) is 30.3 Å². The van der Waals surface area contributed by atoms with Gasteiger partial charge >= 0.3 is 0 Å². The van der Waals surface area contributed by atoms with Crippen LogP contribution >= 0.6 is 0 Å². The van der Waals surface area contributed by atoms with Crippen molar-refractivity contribution in [3.05, 3.63) is 89.9 Å². The van der Waals surface area contributed by atoms with Gasteiger partial charge in [-0.2, -0.15) is 5.26 Å². The summed E-state index contributed by atoms with van der Waals surface area (Å²) >= 11 is 0. The van der Waals surface area contributed by atoms with Crippen molar-refractivity contribution in [2.24, 2.45) is 0 Å². The minimum absolute atomic E-state index is 0.100. The van der Waals surface area contributed by atoms with Crippen LogP contribution in [0.15, 0.2) is 77.4 Å². The van der Waals surface area contributed by atoms with Crippen LogP contribution in [0.2, 0.25) is 0 Å². The van der Waals surface area contributed by atoms with Gasteiger partial charge in [-0.3, -0.25) is 14.4 Å². The maximum atomic E-state index is 13.2. The smallest absolute Gasteiger partial charge is 0.290 e. The van der Waals surface area contributed by atoms with Gasteiger partial charge < -0.3 is 9.32 Å². The molecular formula is C23H17N3O4. The van der Waals surface area contributed by atoms with Crippen molar-refractivity contribution in [2.75, 3.05) is 4.90 Å². The standard InChI is InChI=1S/C23H17N3O4/c24-14-16-8-10-18(11-9-16)26-21(27)13-19(22(26)28)25(15-17-5-2-1-3-6-17)23(29)20-7-4-12-30-20/h1-12,19H,13,15H2. The Labute approximate surface area is 172 Å². The quantitative estimate of drug-likeness (QED) is 0.615. The van der Waals surface area contributed by atoms with Gasteiger partial charge in [-0.1, -0.05) is 30.3 Å². The number of carbonyl (C=O) groups excluding carboxylic acids is 3. The highest BCUT2D eigenvalue weighted by molar-refractivity contribution is 6.23. The Hall–Kier alpha value is -4.18. The molecule has 1 saturated heterocycles. The van der Waals surface area contributed by atoms with Crippen molar-refractivity contribution < 1.29 is 18.8 Å². The molecule has 2 heterocycles. The molecule has 0 radical (unpaired) electrons. The van der Waals surface area contributed by atoms with E-state index >= 15 is 0 Å². The summed E-state index contributed by atoms with van der Waals surface area (Å²) in [6.45, 7) is 0.158. The SMILES string of the molecule is N#Cc1ccc(N2C(=O)CC(N(Cc3ccccc3)C(=O)c3ccco3)C2=O)cc1. The Morgan fingerprint density at radius 3 is 2.43 bits per heavy atom. The zero-order valence-corrected chi connectivity index (χ0v) is 15.9. The lowest BCUT2D eigenvalue weighted by molar-refractivity contribution is -0.122. The first-order valence-electron chi connectivity index (χ1n) is 9.34. The third-order valence-electron chi connectivity index (χ3n) is 4.94. The van der Waals surface area contributed by atoms with Crippen LogP contribution in [0.5, 0.6) is 0 Å². The largest absolute Gasteiger partial charge is 0.459 e. The van der Waals surface area contributed by atoms with Gasteiger partial charge in [-0.15, -0.1) is 0 Å². The fourth-order valence-electron chi connectivity index (χ4n) is 3.46. The summed E-state index contributed by atoms with van der Waals surface area (Å²) in [7, 11) is 0. The van der Waals surface area contributed by atoms with Crippen LogP contribution in [0.3, 0.4) is 0 Å². The molecule has 1 unspecified atom stereocenters. The summed E-state index contributed by atoms with van der Waals surface area (Å²) < 4.78 is 5.24. The lowest BCUT2D eigenvalue weighted by Crippen LogP contribution is -2.45. The van der Waals surface area contributed by atoms with Crippen molar-refractivity contribution in [1.82, 2.24) is 4.90 Å². The predicted octanol–water partition coefficient (Wildman–Crippen LogP) is 3.13. The van der Waals surface area contributed by atoms with Gasteiger partial charge in [0.1, 0.15) is 6.04 Å². The minimum atomic E-state index is -0.953. The topological polar surface area (TPSA) is 94.6 Å². The molecule has 1 aliphatic rings. The van der Waals surface area contributed by atoms with E-state index in [1.165, 1.54) is 17.2 Å². The first-order chi connectivity index (χ1) is 14.6. The van der Waals surface area contributed by atoms with E-state index in [0.717, 1.165) is 10.5 Å². The molecule has 1 aliphatic heterocycles. The lowest BCUT2D eigenvalue weighted by atomic mass is 10.1. The van der Waals surface area contributed by atoms with E-state index in [2.05, 4.69) is 0 Å². The third kappa shape index (κ3) is 3.59. The van der Waals surface area contributed by atoms with E-state index in [-0.39, 0.29) is 18.7 Å². The van der Waals surface area contributed by atoms with E-state index in [9.17, 15) is 14.4 Å². The van der Waals surface area contributed by atoms with Crippen molar-refractivity contribution in [2.45, 2.75) is 19.0 Å². The summed E-state index contributed by atoms with van der Waals surface area (Å²) in [5.74, 6) is -1.25. The third-order valence-corrected chi connectivity index (χ3v) is 4.94. The number of nitrogens with zero attached hydrogens (tertiary/aromatic N) is 3. The summed E-state index contributed by atoms with van der Waals surface area (Å²) in [6, 6.07) is 19.6. The summed E-state index contributed by atoms with van der Waals surface area (Å²) in [6.07, 6.45) is 1.26. The van der Waals surface area contributed by atoms with E-state index in [4.69, 9.17) is 9.68 Å². The average molecular weight is 399 g/mol. The Kier molecular flexibility index (Phi) is 5.14. The number of hydrogen-bond acceptors (Lipinski definition) is 5. The maximum Gasteiger partial charge on any atom is 0.290 e. The highest BCUT2D eigenvalue weighted by Gasteiger charge is 2.45. The minimum Gasteiger partial charge on any atom is -0.459 e. The predicted molar refractivity (Wildman–Crippen MR) is 107 cm³/mol. The average Bonchev–Trinajstić information content (AvgIpc) is 3.41. The van der Waals surface area contributed by atoms with Crippen LogP contribution in [0.1, 0.15) is 28.1 Å². The fraction of sp³-hybridized carbons (Fsp3) is 0.130. The number of carbonyl (C=O) groups is 3. The zero-order valence-electron chi connectivity index (χ0n) is 15.9. The summed E-state index contributed by atoms with van der Waals surface area (Å²) in [5, 5.41) is 8.95. The second-order valence-corrected chi connectivity index (χ2v) is 6.84. The monoisotopic (exact) mass is 399 g/mol. The van der Waals surface area contributed by atoms with Gasteiger partial charge in [0.05, 0.1) is 30.0 Å². The van der Waals surface area contributed by atoms with Crippen LogP contribution < -0.4 is 4.90 Å². The molecule has 30 heavy (non-hydrogen) atoms. The van der Waals surface area contributed by atoms with Crippen molar-refractivity contribution in [3.8, 4) is 6.07 Å². The van der Waals surface area contributed by atoms with E-state index < -0.39 is 23.8 Å². The Balaban J connectivity index is 1.66. The number of nitriles is 1. The molecule has 1 aromatic heterocycles. The maximum absolute atomic E-state index is 13.2. The molecule has 0 saturated carbocycles. The van der Waals surface area contributed by atoms with Crippen molar-refractivity contribution >= 4 is 23.4 Å². The number of furan rings is 1. The Bertz CT molecular complexity index is 1120. The highest BCUT2D eigenvalue weighted by Crippen LogP contribution is 2.28. The molecule has 1 fully saturated rings. The van der Waals surface area contributed by atoms with Gasteiger partial charge in [0.2, 0.25) is 5.91 Å². The lowest BCUT2D eigenvalue weighted by Gasteiger charge is -2.27. The Morgan fingerprint density at radius 2 is 1.80 bits per heavy atom. The van der Waals surface area contributed by atoms with Gasteiger partial charge in [0.15, 0.2) is 5.76 Å². The normalized spacial score (nSPS) is 15.8. The number of rotatable bonds is 5.